The zero-order valence-corrected chi connectivity index (χ0v) is 19.8. The van der Waals surface area contributed by atoms with Crippen LogP contribution < -0.4 is 20.1 Å². The Morgan fingerprint density at radius 3 is 2.65 bits per heavy atom. The average Bonchev–Trinajstić information content (AvgIpc) is 2.90. The zero-order chi connectivity index (χ0) is 24.5. The van der Waals surface area contributed by atoms with Crippen molar-refractivity contribution >= 4 is 29.5 Å². The van der Waals surface area contributed by atoms with Crippen LogP contribution in [0.2, 0.25) is 0 Å². The topological polar surface area (TPSA) is 123 Å². The molecule has 1 aliphatic carbocycles. The Labute approximate surface area is 198 Å². The highest BCUT2D eigenvalue weighted by atomic mass is 16.5. The van der Waals surface area contributed by atoms with Crippen LogP contribution in [0.25, 0.3) is 0 Å². The van der Waals surface area contributed by atoms with Crippen molar-refractivity contribution in [3.05, 3.63) is 18.2 Å². The Hall–Kier alpha value is -3.30. The number of imide groups is 1. The summed E-state index contributed by atoms with van der Waals surface area (Å²) in [5, 5.41) is 5.44. The number of amides is 4. The minimum atomic E-state index is -0.993. The van der Waals surface area contributed by atoms with Crippen LogP contribution in [0.3, 0.4) is 0 Å². The SMILES string of the molecule is C[C@@H]1CC(C)(C)C[C@]2(C1)NC(=O)N(CC(=O)OCC(=O)Nc1ccc3c(c1)OCCCO3)C2=O. The van der Waals surface area contributed by atoms with E-state index in [1.54, 1.807) is 18.2 Å². The molecule has 184 valence electrons. The molecule has 0 aromatic heterocycles. The number of carbonyl (C=O) groups is 4. The maximum Gasteiger partial charge on any atom is 0.326 e. The third-order valence-corrected chi connectivity index (χ3v) is 6.31. The van der Waals surface area contributed by atoms with Crippen molar-refractivity contribution in [2.45, 2.75) is 52.0 Å². The molecule has 2 atom stereocenters. The zero-order valence-electron chi connectivity index (χ0n) is 19.8. The number of hydrogen-bond acceptors (Lipinski definition) is 7. The van der Waals surface area contributed by atoms with Crippen molar-refractivity contribution in [3.63, 3.8) is 0 Å². The van der Waals surface area contributed by atoms with Gasteiger partial charge in [0, 0.05) is 18.2 Å². The number of ether oxygens (including phenoxy) is 3. The number of anilines is 1. The maximum absolute atomic E-state index is 13.1. The first-order valence-electron chi connectivity index (χ1n) is 11.6. The summed E-state index contributed by atoms with van der Waals surface area (Å²) in [6.45, 7) is 6.18. The van der Waals surface area contributed by atoms with Crippen LogP contribution in [0.15, 0.2) is 18.2 Å². The maximum atomic E-state index is 13.1. The Bertz CT molecular complexity index is 1010. The lowest BCUT2D eigenvalue weighted by Crippen LogP contribution is -2.54. The van der Waals surface area contributed by atoms with E-state index < -0.39 is 42.5 Å². The van der Waals surface area contributed by atoms with E-state index in [2.05, 4.69) is 31.4 Å². The molecular weight excluding hydrogens is 442 g/mol. The number of fused-ring (bicyclic) bond motifs is 1. The van der Waals surface area contributed by atoms with Gasteiger partial charge in [-0.2, -0.15) is 0 Å². The van der Waals surface area contributed by atoms with E-state index in [1.165, 1.54) is 0 Å². The highest BCUT2D eigenvalue weighted by Gasteiger charge is 2.56. The first kappa shape index (κ1) is 23.8. The summed E-state index contributed by atoms with van der Waals surface area (Å²) in [6.07, 6.45) is 2.77. The number of urea groups is 1. The Kier molecular flexibility index (Phi) is 6.42. The molecule has 0 bridgehead atoms. The predicted octanol–water partition coefficient (Wildman–Crippen LogP) is 2.47. The molecule has 2 N–H and O–H groups in total. The van der Waals surface area contributed by atoms with Gasteiger partial charge in [0.1, 0.15) is 12.1 Å². The smallest absolute Gasteiger partial charge is 0.326 e. The second-order valence-corrected chi connectivity index (χ2v) is 10.2. The lowest BCUT2D eigenvalue weighted by Gasteiger charge is -2.43. The lowest BCUT2D eigenvalue weighted by atomic mass is 9.64. The van der Waals surface area contributed by atoms with Crippen molar-refractivity contribution in [1.82, 2.24) is 10.2 Å². The largest absolute Gasteiger partial charge is 0.490 e. The second kappa shape index (κ2) is 9.15. The summed E-state index contributed by atoms with van der Waals surface area (Å²) < 4.78 is 16.2. The molecule has 0 radical (unpaired) electrons. The predicted molar refractivity (Wildman–Crippen MR) is 121 cm³/mol. The van der Waals surface area contributed by atoms with Crippen LogP contribution in [0.5, 0.6) is 11.5 Å². The van der Waals surface area contributed by atoms with Gasteiger partial charge >= 0.3 is 12.0 Å². The number of esters is 1. The van der Waals surface area contributed by atoms with Gasteiger partial charge < -0.3 is 24.8 Å². The van der Waals surface area contributed by atoms with Gasteiger partial charge in [-0.05, 0) is 42.7 Å². The van der Waals surface area contributed by atoms with E-state index in [-0.39, 0.29) is 11.3 Å². The number of rotatable bonds is 5. The molecule has 10 heteroatoms. The third-order valence-electron chi connectivity index (χ3n) is 6.31. The number of hydrogen-bond donors (Lipinski definition) is 2. The summed E-state index contributed by atoms with van der Waals surface area (Å²) in [7, 11) is 0. The molecule has 1 aromatic rings. The minimum Gasteiger partial charge on any atom is -0.490 e. The summed E-state index contributed by atoms with van der Waals surface area (Å²) in [4.78, 5) is 51.1. The fourth-order valence-corrected chi connectivity index (χ4v) is 5.41. The van der Waals surface area contributed by atoms with E-state index in [0.717, 1.165) is 17.7 Å². The van der Waals surface area contributed by atoms with Gasteiger partial charge in [0.15, 0.2) is 18.1 Å². The standard InChI is InChI=1S/C24H31N3O7/c1-15-10-23(2,3)14-24(11-15)21(30)27(22(31)26-24)12-20(29)34-13-19(28)25-16-5-6-17-18(9-16)33-8-4-7-32-17/h5-6,9,15H,4,7-8,10-14H2,1-3H3,(H,25,28)(H,26,31)/t15-,24+/m1/s1. The van der Waals surface area contributed by atoms with Crippen molar-refractivity contribution in [2.75, 3.05) is 31.7 Å². The van der Waals surface area contributed by atoms with Gasteiger partial charge in [0.25, 0.3) is 11.8 Å². The molecule has 1 aromatic carbocycles. The fraction of sp³-hybridized carbons (Fsp3) is 0.583. The second-order valence-electron chi connectivity index (χ2n) is 10.2. The summed E-state index contributed by atoms with van der Waals surface area (Å²) in [5.41, 5.74) is -0.634. The monoisotopic (exact) mass is 473 g/mol. The van der Waals surface area contributed by atoms with E-state index in [9.17, 15) is 19.2 Å². The normalized spacial score (nSPS) is 25.5. The molecule has 0 unspecified atom stereocenters. The molecule has 4 amide bonds. The summed E-state index contributed by atoms with van der Waals surface area (Å²) >= 11 is 0. The summed E-state index contributed by atoms with van der Waals surface area (Å²) in [5.74, 6) is -0.417. The van der Waals surface area contributed by atoms with E-state index in [0.29, 0.717) is 43.2 Å². The van der Waals surface area contributed by atoms with E-state index >= 15 is 0 Å². The number of nitrogens with zero attached hydrogens (tertiary/aromatic N) is 1. The molecule has 2 aliphatic heterocycles. The van der Waals surface area contributed by atoms with Crippen LogP contribution in [-0.2, 0) is 19.1 Å². The first-order valence-corrected chi connectivity index (χ1v) is 11.6. The molecule has 4 rings (SSSR count). The highest BCUT2D eigenvalue weighted by Crippen LogP contribution is 2.46. The van der Waals surface area contributed by atoms with Gasteiger partial charge in [0.05, 0.1) is 13.2 Å². The van der Waals surface area contributed by atoms with Crippen LogP contribution in [0.1, 0.15) is 46.5 Å². The molecule has 3 aliphatic rings. The van der Waals surface area contributed by atoms with Crippen molar-refractivity contribution in [2.24, 2.45) is 11.3 Å². The highest BCUT2D eigenvalue weighted by molar-refractivity contribution is 6.09. The number of nitrogens with one attached hydrogen (secondary N) is 2. The number of carbonyl (C=O) groups excluding carboxylic acids is 4. The average molecular weight is 474 g/mol. The Morgan fingerprint density at radius 2 is 1.91 bits per heavy atom. The molecule has 1 spiro atoms. The molecule has 2 heterocycles. The van der Waals surface area contributed by atoms with Gasteiger partial charge in [-0.25, -0.2) is 4.79 Å². The Balaban J connectivity index is 1.30. The van der Waals surface area contributed by atoms with E-state index in [1.807, 2.05) is 0 Å². The van der Waals surface area contributed by atoms with Gasteiger partial charge in [-0.1, -0.05) is 20.8 Å². The van der Waals surface area contributed by atoms with Crippen molar-refractivity contribution < 1.29 is 33.4 Å². The van der Waals surface area contributed by atoms with Crippen LogP contribution >= 0.6 is 0 Å². The van der Waals surface area contributed by atoms with Crippen molar-refractivity contribution in [1.29, 1.82) is 0 Å². The van der Waals surface area contributed by atoms with Crippen LogP contribution in [0, 0.1) is 11.3 Å². The molecular formula is C24H31N3O7. The first-order chi connectivity index (χ1) is 16.1. The molecule has 1 saturated heterocycles. The van der Waals surface area contributed by atoms with Gasteiger partial charge in [0.2, 0.25) is 0 Å². The van der Waals surface area contributed by atoms with E-state index in [4.69, 9.17) is 14.2 Å². The van der Waals surface area contributed by atoms with Crippen molar-refractivity contribution in [3.8, 4) is 11.5 Å². The quantitative estimate of drug-likeness (QED) is 0.497. The Morgan fingerprint density at radius 1 is 1.18 bits per heavy atom. The van der Waals surface area contributed by atoms with Crippen LogP contribution in [0.4, 0.5) is 10.5 Å². The molecule has 1 saturated carbocycles. The van der Waals surface area contributed by atoms with Gasteiger partial charge in [-0.15, -0.1) is 0 Å². The lowest BCUT2D eigenvalue weighted by molar-refractivity contribution is -0.150. The van der Waals surface area contributed by atoms with Gasteiger partial charge in [-0.3, -0.25) is 19.3 Å². The fourth-order valence-electron chi connectivity index (χ4n) is 5.41. The molecule has 2 fully saturated rings. The molecule has 34 heavy (non-hydrogen) atoms. The summed E-state index contributed by atoms with van der Waals surface area (Å²) in [6, 6.07) is 4.39. The third kappa shape index (κ3) is 5.10. The minimum absolute atomic E-state index is 0.109. The number of benzene rings is 1. The van der Waals surface area contributed by atoms with Crippen LogP contribution in [-0.4, -0.2) is 60.6 Å². The molecule has 10 nitrogen and oxygen atoms in total.